The molecule has 22 heavy (non-hydrogen) atoms. The van der Waals surface area contributed by atoms with Gasteiger partial charge in [-0.2, -0.15) is 5.26 Å². The number of hydrogen-bond acceptors (Lipinski definition) is 5. The van der Waals surface area contributed by atoms with Crippen molar-refractivity contribution in [3.8, 4) is 6.07 Å². The molecule has 6 nitrogen and oxygen atoms in total. The summed E-state index contributed by atoms with van der Waals surface area (Å²) in [5.41, 5.74) is -0.107. The Kier molecular flexibility index (Phi) is 4.99. The van der Waals surface area contributed by atoms with E-state index >= 15 is 0 Å². The number of ether oxygens (including phenoxy) is 1. The average Bonchev–Trinajstić information content (AvgIpc) is 2.53. The number of carbonyl (C=O) groups is 1. The van der Waals surface area contributed by atoms with Gasteiger partial charge in [0.15, 0.2) is 0 Å². The summed E-state index contributed by atoms with van der Waals surface area (Å²) < 4.78 is 5.52. The van der Waals surface area contributed by atoms with E-state index < -0.39 is 5.41 Å². The van der Waals surface area contributed by atoms with E-state index in [9.17, 15) is 4.79 Å². The highest BCUT2D eigenvalue weighted by molar-refractivity contribution is 5.84. The van der Waals surface area contributed by atoms with E-state index in [-0.39, 0.29) is 12.0 Å². The molecule has 1 atom stereocenters. The van der Waals surface area contributed by atoms with Gasteiger partial charge in [0.2, 0.25) is 5.91 Å². The van der Waals surface area contributed by atoms with Gasteiger partial charge >= 0.3 is 0 Å². The Hall–Kier alpha value is -2.13. The molecule has 1 aliphatic rings. The van der Waals surface area contributed by atoms with E-state index in [1.165, 1.54) is 0 Å². The number of rotatable bonds is 4. The first-order valence-corrected chi connectivity index (χ1v) is 7.43. The summed E-state index contributed by atoms with van der Waals surface area (Å²) in [5, 5.41) is 11.7. The molecule has 1 aromatic rings. The second-order valence-corrected chi connectivity index (χ2v) is 6.07. The zero-order chi connectivity index (χ0) is 16.2. The molecule has 0 bridgehead atoms. The zero-order valence-corrected chi connectivity index (χ0v) is 13.3. The Morgan fingerprint density at radius 1 is 1.59 bits per heavy atom. The van der Waals surface area contributed by atoms with Crippen molar-refractivity contribution in [3.05, 3.63) is 23.9 Å². The van der Waals surface area contributed by atoms with E-state index in [1.807, 2.05) is 25.1 Å². The van der Waals surface area contributed by atoms with Crippen molar-refractivity contribution < 1.29 is 9.53 Å². The van der Waals surface area contributed by atoms with Gasteiger partial charge in [0.25, 0.3) is 0 Å². The molecule has 1 N–H and O–H groups in total. The SMILES string of the molecule is CC1CN(c2ccc(CNC(=O)C(C)(C)C#N)cn2)CCO1. The predicted molar refractivity (Wildman–Crippen MR) is 83.1 cm³/mol. The lowest BCUT2D eigenvalue weighted by molar-refractivity contribution is -0.126. The normalized spacial score (nSPS) is 18.6. The Labute approximate surface area is 131 Å². The first kappa shape index (κ1) is 16.2. The summed E-state index contributed by atoms with van der Waals surface area (Å²) >= 11 is 0. The fourth-order valence-electron chi connectivity index (χ4n) is 2.19. The molecule has 118 valence electrons. The smallest absolute Gasteiger partial charge is 0.240 e. The zero-order valence-electron chi connectivity index (χ0n) is 13.3. The van der Waals surface area contributed by atoms with Crippen LogP contribution in [0.2, 0.25) is 0 Å². The number of hydrogen-bond donors (Lipinski definition) is 1. The third-order valence-corrected chi connectivity index (χ3v) is 3.67. The number of pyridine rings is 1. The molecule has 6 heteroatoms. The lowest BCUT2D eigenvalue weighted by Gasteiger charge is -2.32. The maximum absolute atomic E-state index is 11.8. The second kappa shape index (κ2) is 6.75. The van der Waals surface area contributed by atoms with Crippen LogP contribution >= 0.6 is 0 Å². The molecule has 0 aliphatic carbocycles. The van der Waals surface area contributed by atoms with Crippen LogP contribution in [0.15, 0.2) is 18.3 Å². The third kappa shape index (κ3) is 3.95. The first-order chi connectivity index (χ1) is 10.4. The maximum Gasteiger partial charge on any atom is 0.240 e. The molecular formula is C16H22N4O2. The van der Waals surface area contributed by atoms with Crippen LogP contribution in [-0.4, -0.2) is 36.7 Å². The molecule has 1 aromatic heterocycles. The summed E-state index contributed by atoms with van der Waals surface area (Å²) in [4.78, 5) is 18.5. The van der Waals surface area contributed by atoms with Crippen LogP contribution in [0, 0.1) is 16.7 Å². The number of aromatic nitrogens is 1. The van der Waals surface area contributed by atoms with Crippen molar-refractivity contribution in [1.29, 1.82) is 5.26 Å². The molecule has 0 radical (unpaired) electrons. The highest BCUT2D eigenvalue weighted by Gasteiger charge is 2.26. The maximum atomic E-state index is 11.8. The van der Waals surface area contributed by atoms with Gasteiger partial charge in [-0.25, -0.2) is 4.98 Å². The Morgan fingerprint density at radius 2 is 2.36 bits per heavy atom. The van der Waals surface area contributed by atoms with Crippen LogP contribution in [0.25, 0.3) is 0 Å². The quantitative estimate of drug-likeness (QED) is 0.911. The average molecular weight is 302 g/mol. The second-order valence-electron chi connectivity index (χ2n) is 6.07. The predicted octanol–water partition coefficient (Wildman–Crippen LogP) is 1.47. The van der Waals surface area contributed by atoms with Gasteiger partial charge in [0.05, 0.1) is 18.8 Å². The van der Waals surface area contributed by atoms with Gasteiger partial charge in [-0.1, -0.05) is 6.07 Å². The highest BCUT2D eigenvalue weighted by atomic mass is 16.5. The minimum Gasteiger partial charge on any atom is -0.375 e. The van der Waals surface area contributed by atoms with Crippen molar-refractivity contribution in [2.75, 3.05) is 24.6 Å². The molecule has 1 fully saturated rings. The molecular weight excluding hydrogens is 280 g/mol. The van der Waals surface area contributed by atoms with Crippen molar-refractivity contribution in [2.45, 2.75) is 33.4 Å². The van der Waals surface area contributed by atoms with Crippen LogP contribution in [-0.2, 0) is 16.1 Å². The molecule has 1 unspecified atom stereocenters. The van der Waals surface area contributed by atoms with Gasteiger partial charge in [-0.15, -0.1) is 0 Å². The van der Waals surface area contributed by atoms with Crippen LogP contribution in [0.3, 0.4) is 0 Å². The van der Waals surface area contributed by atoms with Gasteiger partial charge in [-0.05, 0) is 32.4 Å². The van der Waals surface area contributed by atoms with E-state index in [4.69, 9.17) is 10.00 Å². The summed E-state index contributed by atoms with van der Waals surface area (Å²) in [5.74, 6) is 0.642. The van der Waals surface area contributed by atoms with Crippen LogP contribution in [0.4, 0.5) is 5.82 Å². The summed E-state index contributed by atoms with van der Waals surface area (Å²) in [6, 6.07) is 5.89. The number of amides is 1. The van der Waals surface area contributed by atoms with Gasteiger partial charge < -0.3 is 15.0 Å². The van der Waals surface area contributed by atoms with Gasteiger partial charge in [0.1, 0.15) is 11.2 Å². The van der Waals surface area contributed by atoms with Crippen molar-refractivity contribution in [3.63, 3.8) is 0 Å². The molecule has 0 spiro atoms. The van der Waals surface area contributed by atoms with E-state index in [0.717, 1.165) is 24.5 Å². The first-order valence-electron chi connectivity index (χ1n) is 7.43. The number of morpholine rings is 1. The Bertz CT molecular complexity index is 563. The number of anilines is 1. The molecule has 2 heterocycles. The summed E-state index contributed by atoms with van der Waals surface area (Å²) in [7, 11) is 0. The largest absolute Gasteiger partial charge is 0.375 e. The third-order valence-electron chi connectivity index (χ3n) is 3.67. The van der Waals surface area contributed by atoms with Crippen molar-refractivity contribution in [2.24, 2.45) is 5.41 Å². The number of nitriles is 1. The fourth-order valence-corrected chi connectivity index (χ4v) is 2.19. The minimum atomic E-state index is -1.02. The number of nitrogens with one attached hydrogen (secondary N) is 1. The van der Waals surface area contributed by atoms with Crippen LogP contribution in [0.1, 0.15) is 26.3 Å². The van der Waals surface area contributed by atoms with E-state index in [2.05, 4.69) is 15.2 Å². The van der Waals surface area contributed by atoms with Crippen LogP contribution in [0.5, 0.6) is 0 Å². The number of nitrogens with zero attached hydrogens (tertiary/aromatic N) is 3. The molecule has 0 aromatic carbocycles. The minimum absolute atomic E-state index is 0.211. The number of carbonyl (C=O) groups excluding carboxylic acids is 1. The van der Waals surface area contributed by atoms with Gasteiger partial charge in [-0.3, -0.25) is 4.79 Å². The molecule has 1 saturated heterocycles. The van der Waals surface area contributed by atoms with E-state index in [1.54, 1.807) is 20.0 Å². The van der Waals surface area contributed by atoms with Crippen molar-refractivity contribution in [1.82, 2.24) is 10.3 Å². The standard InChI is InChI=1S/C16H22N4O2/c1-12-10-20(6-7-22-12)14-5-4-13(8-18-14)9-19-15(21)16(2,3)11-17/h4-5,8,12H,6-7,9-10H2,1-3H3,(H,19,21). The lowest BCUT2D eigenvalue weighted by atomic mass is 9.95. The lowest BCUT2D eigenvalue weighted by Crippen LogP contribution is -2.41. The van der Waals surface area contributed by atoms with Crippen molar-refractivity contribution >= 4 is 11.7 Å². The molecule has 0 saturated carbocycles. The highest BCUT2D eigenvalue weighted by Crippen LogP contribution is 2.16. The van der Waals surface area contributed by atoms with Crippen LogP contribution < -0.4 is 10.2 Å². The Balaban J connectivity index is 1.92. The summed E-state index contributed by atoms with van der Waals surface area (Å²) in [6.45, 7) is 8.00. The molecule has 1 aliphatic heterocycles. The monoisotopic (exact) mass is 302 g/mol. The van der Waals surface area contributed by atoms with Gasteiger partial charge in [0, 0.05) is 25.8 Å². The van der Waals surface area contributed by atoms with E-state index in [0.29, 0.717) is 13.2 Å². The molecule has 1 amide bonds. The summed E-state index contributed by atoms with van der Waals surface area (Å²) in [6.07, 6.45) is 1.97. The Morgan fingerprint density at radius 3 is 2.95 bits per heavy atom. The molecule has 2 rings (SSSR count). The fraction of sp³-hybridized carbons (Fsp3) is 0.562. The topological polar surface area (TPSA) is 78.3 Å².